The Morgan fingerprint density at radius 1 is 1.47 bits per heavy atom. The average molecular weight is 248 g/mol. The zero-order chi connectivity index (χ0) is 12.3. The van der Waals surface area contributed by atoms with Crippen molar-refractivity contribution in [1.82, 2.24) is 0 Å². The fourth-order valence-electron chi connectivity index (χ4n) is 1.80. The van der Waals surface area contributed by atoms with E-state index in [1.807, 2.05) is 11.8 Å². The molecular weight excluding hydrogens is 228 g/mol. The number of anilines is 1. The number of nitrogens with one attached hydrogen (secondary N) is 1. The Kier molecular flexibility index (Phi) is 4.11. The highest BCUT2D eigenvalue weighted by Crippen LogP contribution is 2.27. The molecule has 1 unspecified atom stereocenters. The smallest absolute Gasteiger partial charge is 0.161 e. The Morgan fingerprint density at radius 2 is 2.29 bits per heavy atom. The lowest BCUT2D eigenvalue weighted by atomic mass is 10.1. The summed E-state index contributed by atoms with van der Waals surface area (Å²) in [6, 6.07) is 8.56. The summed E-state index contributed by atoms with van der Waals surface area (Å²) >= 11 is 1.87. The molecule has 0 aromatic heterocycles. The van der Waals surface area contributed by atoms with Crippen molar-refractivity contribution < 1.29 is 0 Å². The standard InChI is InChI=1S/C14H20N2S/c1-4-11-6-5-7-12(8-11)16-14-15-9-13(17-14)10(2)3/h5-8,10,13H,4,9H2,1-3H3,(H,15,16). The van der Waals surface area contributed by atoms with E-state index in [1.165, 1.54) is 5.56 Å². The molecule has 1 atom stereocenters. The molecule has 92 valence electrons. The van der Waals surface area contributed by atoms with Gasteiger partial charge >= 0.3 is 0 Å². The molecule has 17 heavy (non-hydrogen) atoms. The molecule has 1 heterocycles. The highest BCUT2D eigenvalue weighted by Gasteiger charge is 2.22. The van der Waals surface area contributed by atoms with E-state index in [0.717, 1.165) is 23.8 Å². The van der Waals surface area contributed by atoms with Gasteiger partial charge in [0.1, 0.15) is 0 Å². The molecule has 1 aromatic carbocycles. The van der Waals surface area contributed by atoms with E-state index < -0.39 is 0 Å². The number of hydrogen-bond donors (Lipinski definition) is 1. The zero-order valence-corrected chi connectivity index (χ0v) is 11.6. The van der Waals surface area contributed by atoms with E-state index in [-0.39, 0.29) is 0 Å². The van der Waals surface area contributed by atoms with Crippen LogP contribution in [0.15, 0.2) is 29.3 Å². The molecule has 2 rings (SSSR count). The van der Waals surface area contributed by atoms with Gasteiger partial charge in [0.15, 0.2) is 5.17 Å². The fraction of sp³-hybridized carbons (Fsp3) is 0.500. The van der Waals surface area contributed by atoms with E-state index in [2.05, 4.69) is 55.3 Å². The van der Waals surface area contributed by atoms with E-state index >= 15 is 0 Å². The molecule has 2 nitrogen and oxygen atoms in total. The van der Waals surface area contributed by atoms with E-state index in [9.17, 15) is 0 Å². The molecule has 0 spiro atoms. The number of amidine groups is 1. The van der Waals surface area contributed by atoms with Gasteiger partial charge < -0.3 is 5.32 Å². The largest absolute Gasteiger partial charge is 0.335 e. The van der Waals surface area contributed by atoms with Gasteiger partial charge in [-0.25, -0.2) is 0 Å². The molecule has 1 N–H and O–H groups in total. The van der Waals surface area contributed by atoms with Gasteiger partial charge in [-0.1, -0.05) is 44.7 Å². The average Bonchev–Trinajstić information content (AvgIpc) is 2.78. The molecular formula is C14H20N2S. The lowest BCUT2D eigenvalue weighted by molar-refractivity contribution is 0.621. The van der Waals surface area contributed by atoms with Crippen LogP contribution < -0.4 is 5.32 Å². The maximum Gasteiger partial charge on any atom is 0.161 e. The van der Waals surface area contributed by atoms with Gasteiger partial charge in [-0.15, -0.1) is 0 Å². The van der Waals surface area contributed by atoms with E-state index in [1.54, 1.807) is 0 Å². The van der Waals surface area contributed by atoms with Gasteiger partial charge in [0.25, 0.3) is 0 Å². The monoisotopic (exact) mass is 248 g/mol. The molecule has 1 aliphatic rings. The Balaban J connectivity index is 1.98. The van der Waals surface area contributed by atoms with Crippen molar-refractivity contribution in [3.05, 3.63) is 29.8 Å². The van der Waals surface area contributed by atoms with E-state index in [0.29, 0.717) is 11.2 Å². The lowest BCUT2D eigenvalue weighted by Crippen LogP contribution is -2.13. The summed E-state index contributed by atoms with van der Waals surface area (Å²) in [6.45, 7) is 7.63. The van der Waals surface area contributed by atoms with Crippen molar-refractivity contribution in [2.24, 2.45) is 10.9 Å². The van der Waals surface area contributed by atoms with Crippen LogP contribution in [0.5, 0.6) is 0 Å². The molecule has 0 aliphatic carbocycles. The summed E-state index contributed by atoms with van der Waals surface area (Å²) in [5, 5.41) is 5.11. The zero-order valence-electron chi connectivity index (χ0n) is 10.7. The minimum atomic E-state index is 0.631. The molecule has 0 saturated carbocycles. The van der Waals surface area contributed by atoms with Crippen LogP contribution in [0.3, 0.4) is 0 Å². The van der Waals surface area contributed by atoms with Gasteiger partial charge in [0.2, 0.25) is 0 Å². The first kappa shape index (κ1) is 12.5. The summed E-state index contributed by atoms with van der Waals surface area (Å²) in [5.41, 5.74) is 2.51. The quantitative estimate of drug-likeness (QED) is 0.880. The number of nitrogens with zero attached hydrogens (tertiary/aromatic N) is 1. The van der Waals surface area contributed by atoms with Crippen LogP contribution >= 0.6 is 11.8 Å². The highest BCUT2D eigenvalue weighted by atomic mass is 32.2. The first-order valence-electron chi connectivity index (χ1n) is 6.26. The number of rotatable bonds is 3. The van der Waals surface area contributed by atoms with Crippen LogP contribution in [0.1, 0.15) is 26.3 Å². The summed E-state index contributed by atoms with van der Waals surface area (Å²) in [6.07, 6.45) is 1.07. The second-order valence-corrected chi connectivity index (χ2v) is 5.95. The van der Waals surface area contributed by atoms with Gasteiger partial charge in [-0.2, -0.15) is 0 Å². The third kappa shape index (κ3) is 3.25. The lowest BCUT2D eigenvalue weighted by Gasteiger charge is -2.12. The maximum absolute atomic E-state index is 4.56. The predicted molar refractivity (Wildman–Crippen MR) is 78.0 cm³/mol. The molecule has 1 aromatic rings. The predicted octanol–water partition coefficient (Wildman–Crippen LogP) is 3.79. The van der Waals surface area contributed by atoms with Crippen LogP contribution in [-0.2, 0) is 6.42 Å². The van der Waals surface area contributed by atoms with Crippen molar-refractivity contribution in [1.29, 1.82) is 0 Å². The Labute approximate surface area is 108 Å². The summed E-state index contributed by atoms with van der Waals surface area (Å²) in [7, 11) is 0. The van der Waals surface area contributed by atoms with Crippen LogP contribution in [0, 0.1) is 5.92 Å². The van der Waals surface area contributed by atoms with Gasteiger partial charge in [0, 0.05) is 10.9 Å². The SMILES string of the molecule is CCc1cccc(NC2=NCC(C(C)C)S2)c1. The summed E-state index contributed by atoms with van der Waals surface area (Å²) < 4.78 is 0. The van der Waals surface area contributed by atoms with Crippen LogP contribution in [0.25, 0.3) is 0 Å². The molecule has 1 aliphatic heterocycles. The Hall–Kier alpha value is -0.960. The van der Waals surface area contributed by atoms with Crippen molar-refractivity contribution in [3.63, 3.8) is 0 Å². The Bertz CT molecular complexity index is 412. The van der Waals surface area contributed by atoms with Crippen molar-refractivity contribution in [3.8, 4) is 0 Å². The number of benzene rings is 1. The highest BCUT2D eigenvalue weighted by molar-refractivity contribution is 8.15. The number of thioether (sulfide) groups is 1. The Morgan fingerprint density at radius 3 is 2.94 bits per heavy atom. The minimum Gasteiger partial charge on any atom is -0.335 e. The first-order valence-corrected chi connectivity index (χ1v) is 7.14. The molecule has 0 radical (unpaired) electrons. The van der Waals surface area contributed by atoms with Gasteiger partial charge in [-0.05, 0) is 30.0 Å². The van der Waals surface area contributed by atoms with Crippen LogP contribution in [0.4, 0.5) is 5.69 Å². The maximum atomic E-state index is 4.56. The van der Waals surface area contributed by atoms with Crippen molar-refractivity contribution in [2.45, 2.75) is 32.4 Å². The van der Waals surface area contributed by atoms with Crippen LogP contribution in [0.2, 0.25) is 0 Å². The molecule has 0 bridgehead atoms. The number of hydrogen-bond acceptors (Lipinski definition) is 3. The van der Waals surface area contributed by atoms with Gasteiger partial charge in [0.05, 0.1) is 6.54 Å². The minimum absolute atomic E-state index is 0.631. The van der Waals surface area contributed by atoms with E-state index in [4.69, 9.17) is 0 Å². The molecule has 0 saturated heterocycles. The second kappa shape index (κ2) is 5.58. The normalized spacial score (nSPS) is 19.5. The number of aryl methyl sites for hydroxylation is 1. The van der Waals surface area contributed by atoms with Crippen molar-refractivity contribution >= 4 is 22.6 Å². The topological polar surface area (TPSA) is 24.4 Å². The number of aliphatic imine (C=N–C) groups is 1. The fourth-order valence-corrected chi connectivity index (χ4v) is 2.83. The third-order valence-electron chi connectivity index (χ3n) is 3.01. The first-order chi connectivity index (χ1) is 8.19. The second-order valence-electron chi connectivity index (χ2n) is 4.73. The van der Waals surface area contributed by atoms with Crippen molar-refractivity contribution in [2.75, 3.05) is 11.9 Å². The molecule has 0 amide bonds. The summed E-state index contributed by atoms with van der Waals surface area (Å²) in [4.78, 5) is 4.56. The van der Waals surface area contributed by atoms with Gasteiger partial charge in [-0.3, -0.25) is 4.99 Å². The van der Waals surface area contributed by atoms with Crippen LogP contribution in [-0.4, -0.2) is 17.0 Å². The third-order valence-corrected chi connectivity index (χ3v) is 4.46. The molecule has 0 fully saturated rings. The molecule has 3 heteroatoms. The summed E-state index contributed by atoms with van der Waals surface area (Å²) in [5.74, 6) is 0.685.